The number of amides is 2. The van der Waals surface area contributed by atoms with Gasteiger partial charge in [-0.05, 0) is 86.8 Å². The summed E-state index contributed by atoms with van der Waals surface area (Å²) >= 11 is 0. The Labute approximate surface area is 194 Å². The number of carbonyl (C=O) groups excluding carboxylic acids is 2. The zero-order chi connectivity index (χ0) is 22.9. The first-order valence-electron chi connectivity index (χ1n) is 12.7. The van der Waals surface area contributed by atoms with Crippen LogP contribution in [0.5, 0.6) is 0 Å². The molecule has 0 unspecified atom stereocenters. The van der Waals surface area contributed by atoms with Crippen LogP contribution in [0.1, 0.15) is 90.5 Å². The molecule has 176 valence electrons. The number of hydrogen-bond donors (Lipinski definition) is 1. The lowest BCUT2D eigenvalue weighted by Crippen LogP contribution is -2.56. The second-order valence-electron chi connectivity index (χ2n) is 10.7. The number of aliphatic hydroxyl groups is 1. The number of rotatable bonds is 4. The van der Waals surface area contributed by atoms with E-state index in [9.17, 15) is 14.7 Å². The van der Waals surface area contributed by atoms with E-state index in [1.165, 1.54) is 42.4 Å². The van der Waals surface area contributed by atoms with Crippen LogP contribution in [-0.2, 0) is 11.8 Å². The van der Waals surface area contributed by atoms with Gasteiger partial charge < -0.3 is 19.5 Å². The van der Waals surface area contributed by atoms with Gasteiger partial charge in [0.25, 0.3) is 5.91 Å². The Kier molecular flexibility index (Phi) is 5.02. The highest BCUT2D eigenvalue weighted by Gasteiger charge is 2.37. The number of nitrogens with zero attached hydrogens (tertiary/aromatic N) is 4. The van der Waals surface area contributed by atoms with Gasteiger partial charge in [0.2, 0.25) is 5.91 Å². The van der Waals surface area contributed by atoms with Crippen LogP contribution < -0.4 is 0 Å². The van der Waals surface area contributed by atoms with Gasteiger partial charge in [-0.3, -0.25) is 9.59 Å². The molecule has 2 aromatic rings. The molecule has 1 aromatic heterocycles. The Bertz CT molecular complexity index is 1120. The Morgan fingerprint density at radius 2 is 1.67 bits per heavy atom. The number of benzene rings is 1. The zero-order valence-electron chi connectivity index (χ0n) is 19.7. The highest BCUT2D eigenvalue weighted by atomic mass is 16.3. The molecular weight excluding hydrogens is 416 g/mol. The number of aliphatic hydroxyl groups excluding tert-OH is 1. The molecule has 7 heteroatoms. The van der Waals surface area contributed by atoms with Crippen molar-refractivity contribution in [3.05, 3.63) is 28.6 Å². The fourth-order valence-corrected chi connectivity index (χ4v) is 6.08. The smallest absolute Gasteiger partial charge is 0.290 e. The van der Waals surface area contributed by atoms with Crippen LogP contribution in [0.4, 0.5) is 0 Å². The maximum Gasteiger partial charge on any atom is 0.290 e. The molecule has 33 heavy (non-hydrogen) atoms. The first-order valence-corrected chi connectivity index (χ1v) is 12.7. The van der Waals surface area contributed by atoms with Gasteiger partial charge in [-0.15, -0.1) is 0 Å². The first kappa shape index (κ1) is 21.1. The monoisotopic (exact) mass is 450 g/mol. The summed E-state index contributed by atoms with van der Waals surface area (Å²) in [5, 5.41) is 9.78. The van der Waals surface area contributed by atoms with Crippen LogP contribution >= 0.6 is 0 Å². The standard InChI is InChI=1S/C26H34N4O3/c1-15-20(16-3-4-16)13-21(17-5-6-17)23-24(15)28(2)25(27-23)26(33)29-11-12-30(22(32)14-29)18-7-9-19(31)10-8-18/h13,16-19,31H,3-12,14H2,1-2H3. The third kappa shape index (κ3) is 3.65. The Balaban J connectivity index is 1.27. The summed E-state index contributed by atoms with van der Waals surface area (Å²) in [7, 11) is 1.95. The second-order valence-corrected chi connectivity index (χ2v) is 10.7. The minimum Gasteiger partial charge on any atom is -0.393 e. The van der Waals surface area contributed by atoms with Crippen molar-refractivity contribution in [2.24, 2.45) is 7.05 Å². The lowest BCUT2D eigenvalue weighted by molar-refractivity contribution is -0.138. The predicted molar refractivity (Wildman–Crippen MR) is 125 cm³/mol. The van der Waals surface area contributed by atoms with E-state index in [-0.39, 0.29) is 30.5 Å². The molecule has 6 rings (SSSR count). The molecule has 1 aliphatic heterocycles. The lowest BCUT2D eigenvalue weighted by Gasteiger charge is -2.41. The Morgan fingerprint density at radius 3 is 2.30 bits per heavy atom. The van der Waals surface area contributed by atoms with Crippen LogP contribution in [0.2, 0.25) is 0 Å². The summed E-state index contributed by atoms with van der Waals surface area (Å²) in [6.07, 6.45) is 7.88. The topological polar surface area (TPSA) is 78.7 Å². The van der Waals surface area contributed by atoms with Crippen molar-refractivity contribution in [3.63, 3.8) is 0 Å². The zero-order valence-corrected chi connectivity index (χ0v) is 19.7. The van der Waals surface area contributed by atoms with Crippen LogP contribution in [0.15, 0.2) is 6.07 Å². The molecule has 0 atom stereocenters. The third-order valence-corrected chi connectivity index (χ3v) is 8.34. The van der Waals surface area contributed by atoms with Crippen LogP contribution in [0.25, 0.3) is 11.0 Å². The van der Waals surface area contributed by atoms with Gasteiger partial charge in [0.1, 0.15) is 6.54 Å². The summed E-state index contributed by atoms with van der Waals surface area (Å²) in [5.41, 5.74) is 6.08. The summed E-state index contributed by atoms with van der Waals surface area (Å²) in [5.74, 6) is 1.55. The molecule has 0 radical (unpaired) electrons. The van der Waals surface area contributed by atoms with Gasteiger partial charge in [0.15, 0.2) is 5.82 Å². The molecule has 1 N–H and O–H groups in total. The molecule has 4 fully saturated rings. The van der Waals surface area contributed by atoms with E-state index in [4.69, 9.17) is 4.98 Å². The number of imidazole rings is 1. The van der Waals surface area contributed by atoms with E-state index < -0.39 is 0 Å². The Morgan fingerprint density at radius 1 is 1.00 bits per heavy atom. The maximum atomic E-state index is 13.5. The van der Waals surface area contributed by atoms with Crippen molar-refractivity contribution in [3.8, 4) is 0 Å². The van der Waals surface area contributed by atoms with E-state index in [2.05, 4.69) is 13.0 Å². The van der Waals surface area contributed by atoms with Crippen LogP contribution in [0.3, 0.4) is 0 Å². The van der Waals surface area contributed by atoms with Gasteiger partial charge in [-0.2, -0.15) is 0 Å². The number of piperazine rings is 1. The van der Waals surface area contributed by atoms with Gasteiger partial charge in [-0.25, -0.2) is 4.98 Å². The molecule has 2 heterocycles. The predicted octanol–water partition coefficient (Wildman–Crippen LogP) is 3.22. The minimum atomic E-state index is -0.235. The maximum absolute atomic E-state index is 13.5. The van der Waals surface area contributed by atoms with Crippen molar-refractivity contribution in [1.29, 1.82) is 0 Å². The molecule has 3 aliphatic carbocycles. The summed E-state index contributed by atoms with van der Waals surface area (Å²) < 4.78 is 1.98. The number of aromatic nitrogens is 2. The summed E-state index contributed by atoms with van der Waals surface area (Å²) in [6, 6.07) is 2.57. The average Bonchev–Trinajstić information content (AvgIpc) is 3.72. The SMILES string of the molecule is Cc1c(C2CC2)cc(C2CC2)c2nc(C(=O)N3CCN(C4CCC(O)CC4)C(=O)C3)n(C)c12. The number of aryl methyl sites for hydroxylation is 2. The van der Waals surface area contributed by atoms with Crippen molar-refractivity contribution in [2.45, 2.75) is 82.3 Å². The van der Waals surface area contributed by atoms with Crippen molar-refractivity contribution >= 4 is 22.8 Å². The fourth-order valence-electron chi connectivity index (χ4n) is 6.08. The highest BCUT2D eigenvalue weighted by Crippen LogP contribution is 2.49. The quantitative estimate of drug-likeness (QED) is 0.776. The van der Waals surface area contributed by atoms with Crippen LogP contribution in [0, 0.1) is 6.92 Å². The first-order chi connectivity index (χ1) is 15.9. The van der Waals surface area contributed by atoms with Crippen LogP contribution in [-0.4, -0.2) is 68.1 Å². The number of hydrogen-bond acceptors (Lipinski definition) is 4. The summed E-state index contributed by atoms with van der Waals surface area (Å²) in [4.78, 5) is 35.0. The largest absolute Gasteiger partial charge is 0.393 e. The van der Waals surface area contributed by atoms with Gasteiger partial charge in [0.05, 0.1) is 17.1 Å². The average molecular weight is 451 g/mol. The van der Waals surface area contributed by atoms with E-state index >= 15 is 0 Å². The van der Waals surface area contributed by atoms with Crippen molar-refractivity contribution < 1.29 is 14.7 Å². The second kappa shape index (κ2) is 7.83. The molecule has 0 spiro atoms. The molecule has 7 nitrogen and oxygen atoms in total. The van der Waals surface area contributed by atoms with Gasteiger partial charge >= 0.3 is 0 Å². The molecule has 2 amide bonds. The fraction of sp³-hybridized carbons (Fsp3) is 0.654. The van der Waals surface area contributed by atoms with E-state index in [1.807, 2.05) is 16.5 Å². The lowest BCUT2D eigenvalue weighted by atomic mass is 9.91. The minimum absolute atomic E-state index is 0.0145. The Hall–Kier alpha value is -2.41. The molecule has 4 aliphatic rings. The normalized spacial score (nSPS) is 26.3. The van der Waals surface area contributed by atoms with Crippen molar-refractivity contribution in [2.75, 3.05) is 19.6 Å². The molecular formula is C26H34N4O3. The molecule has 1 saturated heterocycles. The van der Waals surface area contributed by atoms with E-state index in [0.29, 0.717) is 30.7 Å². The highest BCUT2D eigenvalue weighted by molar-refractivity contribution is 5.98. The van der Waals surface area contributed by atoms with E-state index in [1.54, 1.807) is 4.90 Å². The third-order valence-electron chi connectivity index (χ3n) is 8.34. The molecule has 3 saturated carbocycles. The van der Waals surface area contributed by atoms with E-state index in [0.717, 1.165) is 36.7 Å². The van der Waals surface area contributed by atoms with Crippen molar-refractivity contribution in [1.82, 2.24) is 19.4 Å². The van der Waals surface area contributed by atoms with Gasteiger partial charge in [-0.1, -0.05) is 6.07 Å². The molecule has 0 bridgehead atoms. The number of fused-ring (bicyclic) bond motifs is 1. The number of carbonyl (C=O) groups is 2. The molecule has 1 aromatic carbocycles. The summed E-state index contributed by atoms with van der Waals surface area (Å²) in [6.45, 7) is 3.39. The van der Waals surface area contributed by atoms with Gasteiger partial charge in [0, 0.05) is 26.2 Å².